The van der Waals surface area contributed by atoms with Gasteiger partial charge in [-0.15, -0.1) is 0 Å². The molecule has 0 aromatic heterocycles. The first-order valence-corrected chi connectivity index (χ1v) is 5.60. The molecule has 2 rings (SSSR count). The second-order valence-electron chi connectivity index (χ2n) is 3.27. The van der Waals surface area contributed by atoms with E-state index >= 15 is 0 Å². The zero-order chi connectivity index (χ0) is 10.1. The van der Waals surface area contributed by atoms with Gasteiger partial charge in [0.25, 0.3) is 5.91 Å². The molecule has 0 unspecified atom stereocenters. The second-order valence-corrected chi connectivity index (χ2v) is 4.59. The Hall–Kier alpha value is -0.540. The Morgan fingerprint density at radius 2 is 2.14 bits per heavy atom. The van der Waals surface area contributed by atoms with Crippen LogP contribution >= 0.6 is 27.5 Å². The van der Waals surface area contributed by atoms with Crippen molar-refractivity contribution in [3.63, 3.8) is 0 Å². The first kappa shape index (κ1) is 9.99. The Balaban J connectivity index is 2.29. The average Bonchev–Trinajstić information content (AvgIpc) is 2.06. The third-order valence-electron chi connectivity index (χ3n) is 2.30. The van der Waals surface area contributed by atoms with Crippen molar-refractivity contribution in [3.8, 4) is 0 Å². The van der Waals surface area contributed by atoms with Gasteiger partial charge in [0.15, 0.2) is 0 Å². The fourth-order valence-corrected chi connectivity index (χ4v) is 1.91. The van der Waals surface area contributed by atoms with Gasteiger partial charge in [-0.25, -0.2) is 0 Å². The lowest BCUT2D eigenvalue weighted by Gasteiger charge is -2.31. The minimum Gasteiger partial charge on any atom is -0.338 e. The summed E-state index contributed by atoms with van der Waals surface area (Å²) in [7, 11) is 0. The van der Waals surface area contributed by atoms with Gasteiger partial charge in [0.1, 0.15) is 0 Å². The largest absolute Gasteiger partial charge is 0.338 e. The summed E-state index contributed by atoms with van der Waals surface area (Å²) < 4.78 is 0.880. The lowest BCUT2D eigenvalue weighted by Crippen LogP contribution is -2.42. The molecule has 0 atom stereocenters. The van der Waals surface area contributed by atoms with Crippen molar-refractivity contribution in [2.24, 2.45) is 0 Å². The van der Waals surface area contributed by atoms with Crippen molar-refractivity contribution in [3.05, 3.63) is 33.3 Å². The van der Waals surface area contributed by atoms with Crippen LogP contribution in [0.5, 0.6) is 0 Å². The number of hydrogen-bond acceptors (Lipinski definition) is 1. The van der Waals surface area contributed by atoms with E-state index in [1.165, 1.54) is 0 Å². The molecule has 4 heteroatoms. The van der Waals surface area contributed by atoms with Crippen LogP contribution in [0.2, 0.25) is 5.02 Å². The van der Waals surface area contributed by atoms with E-state index in [4.69, 9.17) is 11.6 Å². The monoisotopic (exact) mass is 273 g/mol. The number of benzene rings is 1. The Morgan fingerprint density at radius 1 is 1.43 bits per heavy atom. The molecule has 1 aromatic carbocycles. The summed E-state index contributed by atoms with van der Waals surface area (Å²) >= 11 is 9.27. The highest BCUT2D eigenvalue weighted by Crippen LogP contribution is 2.23. The summed E-state index contributed by atoms with van der Waals surface area (Å²) in [6, 6.07) is 5.33. The Labute approximate surface area is 96.0 Å². The van der Waals surface area contributed by atoms with E-state index in [1.807, 2.05) is 6.07 Å². The Kier molecular flexibility index (Phi) is 2.79. The zero-order valence-electron chi connectivity index (χ0n) is 7.46. The highest BCUT2D eigenvalue weighted by atomic mass is 79.9. The van der Waals surface area contributed by atoms with Gasteiger partial charge in [-0.1, -0.05) is 27.5 Å². The number of carbonyl (C=O) groups excluding carboxylic acids is 1. The standard InChI is InChI=1S/C10H9BrClNO/c11-7-2-3-9(12)8(6-7)10(14)13-4-1-5-13/h2-3,6H,1,4-5H2. The highest BCUT2D eigenvalue weighted by molar-refractivity contribution is 9.10. The first-order chi connectivity index (χ1) is 6.68. The van der Waals surface area contributed by atoms with Crippen molar-refractivity contribution in [1.82, 2.24) is 4.90 Å². The molecule has 74 valence electrons. The lowest BCUT2D eigenvalue weighted by atomic mass is 10.1. The van der Waals surface area contributed by atoms with Gasteiger partial charge >= 0.3 is 0 Å². The number of rotatable bonds is 1. The summed E-state index contributed by atoms with van der Waals surface area (Å²) in [6.07, 6.45) is 1.09. The molecular weight excluding hydrogens is 265 g/mol. The van der Waals surface area contributed by atoms with Crippen LogP contribution < -0.4 is 0 Å². The third kappa shape index (κ3) is 1.79. The fraction of sp³-hybridized carbons (Fsp3) is 0.300. The predicted molar refractivity (Wildman–Crippen MR) is 59.7 cm³/mol. The van der Waals surface area contributed by atoms with Gasteiger partial charge in [-0.3, -0.25) is 4.79 Å². The van der Waals surface area contributed by atoms with Gasteiger partial charge in [0.05, 0.1) is 10.6 Å². The van der Waals surface area contributed by atoms with Crippen molar-refractivity contribution >= 4 is 33.4 Å². The highest BCUT2D eigenvalue weighted by Gasteiger charge is 2.23. The number of nitrogens with zero attached hydrogens (tertiary/aromatic N) is 1. The van der Waals surface area contributed by atoms with Gasteiger partial charge in [0, 0.05) is 17.6 Å². The molecule has 0 aliphatic carbocycles. The van der Waals surface area contributed by atoms with E-state index in [2.05, 4.69) is 15.9 Å². The van der Waals surface area contributed by atoms with Gasteiger partial charge < -0.3 is 4.90 Å². The van der Waals surface area contributed by atoms with Crippen LogP contribution in [0.1, 0.15) is 16.8 Å². The average molecular weight is 275 g/mol. The topological polar surface area (TPSA) is 20.3 Å². The van der Waals surface area contributed by atoms with E-state index in [0.29, 0.717) is 10.6 Å². The summed E-state index contributed by atoms with van der Waals surface area (Å²) in [4.78, 5) is 13.6. The van der Waals surface area contributed by atoms with Gasteiger partial charge in [-0.2, -0.15) is 0 Å². The van der Waals surface area contributed by atoms with Crippen molar-refractivity contribution in [1.29, 1.82) is 0 Å². The van der Waals surface area contributed by atoms with Crippen LogP contribution in [0.25, 0.3) is 0 Å². The predicted octanol–water partition coefficient (Wildman–Crippen LogP) is 2.95. The summed E-state index contributed by atoms with van der Waals surface area (Å²) in [5.74, 6) is 0.0301. The Morgan fingerprint density at radius 3 is 2.71 bits per heavy atom. The maximum Gasteiger partial charge on any atom is 0.255 e. The van der Waals surface area contributed by atoms with Crippen LogP contribution in [0.4, 0.5) is 0 Å². The zero-order valence-corrected chi connectivity index (χ0v) is 9.81. The lowest BCUT2D eigenvalue weighted by molar-refractivity contribution is 0.0652. The van der Waals surface area contributed by atoms with Gasteiger partial charge in [-0.05, 0) is 24.6 Å². The van der Waals surface area contributed by atoms with E-state index < -0.39 is 0 Å². The molecular formula is C10H9BrClNO. The van der Waals surface area contributed by atoms with Crippen molar-refractivity contribution in [2.75, 3.05) is 13.1 Å². The fourth-order valence-electron chi connectivity index (χ4n) is 1.35. The number of likely N-dealkylation sites (tertiary alicyclic amines) is 1. The van der Waals surface area contributed by atoms with Crippen LogP contribution in [0.3, 0.4) is 0 Å². The molecule has 0 N–H and O–H groups in total. The normalized spacial score (nSPS) is 15.1. The molecule has 0 radical (unpaired) electrons. The maximum atomic E-state index is 11.8. The van der Waals surface area contributed by atoms with E-state index in [-0.39, 0.29) is 5.91 Å². The number of halogens is 2. The summed E-state index contributed by atoms with van der Waals surface area (Å²) in [6.45, 7) is 1.70. The van der Waals surface area contributed by atoms with Crippen LogP contribution in [0, 0.1) is 0 Å². The molecule has 2 nitrogen and oxygen atoms in total. The quantitative estimate of drug-likeness (QED) is 0.771. The van der Waals surface area contributed by atoms with E-state index in [9.17, 15) is 4.79 Å². The smallest absolute Gasteiger partial charge is 0.255 e. The molecule has 1 saturated heterocycles. The van der Waals surface area contributed by atoms with Crippen LogP contribution in [-0.2, 0) is 0 Å². The maximum absolute atomic E-state index is 11.8. The molecule has 1 aliphatic rings. The number of hydrogen-bond donors (Lipinski definition) is 0. The van der Waals surface area contributed by atoms with Crippen LogP contribution in [0.15, 0.2) is 22.7 Å². The molecule has 1 amide bonds. The Bertz CT molecular complexity index is 376. The molecule has 1 aromatic rings. The molecule has 0 saturated carbocycles. The first-order valence-electron chi connectivity index (χ1n) is 4.43. The van der Waals surface area contributed by atoms with Gasteiger partial charge in [0.2, 0.25) is 0 Å². The van der Waals surface area contributed by atoms with E-state index in [1.54, 1.807) is 17.0 Å². The molecule has 1 fully saturated rings. The minimum atomic E-state index is 0.0301. The van der Waals surface area contributed by atoms with Crippen molar-refractivity contribution in [2.45, 2.75) is 6.42 Å². The number of carbonyl (C=O) groups is 1. The molecule has 1 heterocycles. The SMILES string of the molecule is O=C(c1cc(Br)ccc1Cl)N1CCC1. The molecule has 0 spiro atoms. The molecule has 1 aliphatic heterocycles. The second kappa shape index (κ2) is 3.91. The molecule has 0 bridgehead atoms. The molecule has 14 heavy (non-hydrogen) atoms. The van der Waals surface area contributed by atoms with E-state index in [0.717, 1.165) is 24.0 Å². The van der Waals surface area contributed by atoms with Crippen LogP contribution in [-0.4, -0.2) is 23.9 Å². The number of amides is 1. The third-order valence-corrected chi connectivity index (χ3v) is 3.12. The summed E-state index contributed by atoms with van der Waals surface area (Å²) in [5, 5.41) is 0.519. The summed E-state index contributed by atoms with van der Waals surface area (Å²) in [5.41, 5.74) is 0.584. The van der Waals surface area contributed by atoms with Crippen molar-refractivity contribution < 1.29 is 4.79 Å². The minimum absolute atomic E-state index is 0.0301.